The molecule has 1 aliphatic carbocycles. The van der Waals surface area contributed by atoms with E-state index in [0.717, 1.165) is 5.56 Å². The van der Waals surface area contributed by atoms with Crippen molar-refractivity contribution in [2.24, 2.45) is 0 Å². The molecule has 0 heterocycles. The number of aromatic carboxylic acids is 1. The van der Waals surface area contributed by atoms with Gasteiger partial charge in [0.05, 0.1) is 12.2 Å². The Labute approximate surface area is 167 Å². The van der Waals surface area contributed by atoms with Crippen LogP contribution in [0.4, 0.5) is 11.4 Å². The van der Waals surface area contributed by atoms with Gasteiger partial charge >= 0.3 is 5.97 Å². The van der Waals surface area contributed by atoms with Gasteiger partial charge in [0.2, 0.25) is 0 Å². The molecule has 2 amide bonds. The molecule has 0 saturated carbocycles. The number of hydrogen-bond donors (Lipinski definition) is 4. The fourth-order valence-electron chi connectivity index (χ4n) is 2.91. The summed E-state index contributed by atoms with van der Waals surface area (Å²) >= 11 is 0. The number of carboxylic acid groups (broad SMARTS) is 1. The van der Waals surface area contributed by atoms with Crippen molar-refractivity contribution in [1.29, 1.82) is 0 Å². The van der Waals surface area contributed by atoms with Crippen LogP contribution in [0.25, 0.3) is 0 Å². The average molecular weight is 392 g/mol. The first-order valence-electron chi connectivity index (χ1n) is 9.03. The van der Waals surface area contributed by atoms with Crippen LogP contribution in [0.2, 0.25) is 0 Å². The standard InChI is InChI=1S/C22H20N2O5/c25-13-14-5-9-16(10-6-14)23-20(26)18-3-1-2-4-19(18)21(27)24-17-11-7-15(8-12-17)22(28)29/h1,3,5-12,25H,2,4,13H2,(H,23,26)(H,24,27)(H,28,29). The quantitative estimate of drug-likeness (QED) is 0.603. The van der Waals surface area contributed by atoms with E-state index in [4.69, 9.17) is 10.2 Å². The van der Waals surface area contributed by atoms with E-state index >= 15 is 0 Å². The second kappa shape index (κ2) is 8.99. The molecule has 0 fully saturated rings. The third-order valence-electron chi connectivity index (χ3n) is 4.47. The fourth-order valence-corrected chi connectivity index (χ4v) is 2.91. The predicted molar refractivity (Wildman–Crippen MR) is 108 cm³/mol. The van der Waals surface area contributed by atoms with E-state index in [0.29, 0.717) is 29.8 Å². The molecule has 7 heteroatoms. The minimum absolute atomic E-state index is 0.0835. The number of rotatable bonds is 6. The van der Waals surface area contributed by atoms with Crippen LogP contribution < -0.4 is 10.6 Å². The molecule has 0 atom stereocenters. The lowest BCUT2D eigenvalue weighted by atomic mass is 9.96. The first-order chi connectivity index (χ1) is 14.0. The molecule has 29 heavy (non-hydrogen) atoms. The molecule has 2 aromatic carbocycles. The van der Waals surface area contributed by atoms with Crippen LogP contribution in [0, 0.1) is 0 Å². The lowest BCUT2D eigenvalue weighted by Crippen LogP contribution is -2.23. The summed E-state index contributed by atoms with van der Waals surface area (Å²) in [5.74, 6) is -1.85. The lowest BCUT2D eigenvalue weighted by Gasteiger charge is -2.16. The van der Waals surface area contributed by atoms with Gasteiger partial charge in [-0.3, -0.25) is 9.59 Å². The summed E-state index contributed by atoms with van der Waals surface area (Å²) in [7, 11) is 0. The van der Waals surface area contributed by atoms with Crippen LogP contribution in [0.3, 0.4) is 0 Å². The second-order valence-electron chi connectivity index (χ2n) is 6.48. The molecule has 148 valence electrons. The van der Waals surface area contributed by atoms with E-state index < -0.39 is 17.8 Å². The summed E-state index contributed by atoms with van der Waals surface area (Å²) in [6.45, 7) is -0.0835. The third-order valence-corrected chi connectivity index (χ3v) is 4.47. The zero-order chi connectivity index (χ0) is 20.8. The minimum atomic E-state index is -1.05. The molecule has 4 N–H and O–H groups in total. The largest absolute Gasteiger partial charge is 0.478 e. The highest BCUT2D eigenvalue weighted by atomic mass is 16.4. The summed E-state index contributed by atoms with van der Waals surface area (Å²) in [6, 6.07) is 12.6. The second-order valence-corrected chi connectivity index (χ2v) is 6.48. The number of carboxylic acids is 1. The van der Waals surface area contributed by atoms with Crippen LogP contribution in [-0.2, 0) is 16.2 Å². The maximum atomic E-state index is 12.7. The summed E-state index contributed by atoms with van der Waals surface area (Å²) in [5.41, 5.74) is 2.49. The van der Waals surface area contributed by atoms with E-state index in [-0.39, 0.29) is 17.7 Å². The van der Waals surface area contributed by atoms with Crippen molar-refractivity contribution in [1.82, 2.24) is 0 Å². The van der Waals surface area contributed by atoms with Gasteiger partial charge in [-0.15, -0.1) is 0 Å². The van der Waals surface area contributed by atoms with Gasteiger partial charge in [0.1, 0.15) is 0 Å². The van der Waals surface area contributed by atoms with Gasteiger partial charge < -0.3 is 20.8 Å². The van der Waals surface area contributed by atoms with E-state index in [9.17, 15) is 14.4 Å². The number of nitrogens with one attached hydrogen (secondary N) is 2. The highest BCUT2D eigenvalue weighted by Crippen LogP contribution is 2.23. The smallest absolute Gasteiger partial charge is 0.335 e. The highest BCUT2D eigenvalue weighted by Gasteiger charge is 2.21. The van der Waals surface area contributed by atoms with Crippen molar-refractivity contribution in [3.63, 3.8) is 0 Å². The topological polar surface area (TPSA) is 116 Å². The van der Waals surface area contributed by atoms with Gasteiger partial charge in [-0.1, -0.05) is 24.3 Å². The van der Waals surface area contributed by atoms with E-state index in [2.05, 4.69) is 10.6 Å². The Balaban J connectivity index is 1.76. The number of anilines is 2. The van der Waals surface area contributed by atoms with Gasteiger partial charge in [0.25, 0.3) is 11.8 Å². The summed E-state index contributed by atoms with van der Waals surface area (Å²) in [4.78, 5) is 36.3. The number of hydrogen-bond acceptors (Lipinski definition) is 4. The Morgan fingerprint density at radius 1 is 0.862 bits per heavy atom. The van der Waals surface area contributed by atoms with E-state index in [1.54, 1.807) is 30.3 Å². The van der Waals surface area contributed by atoms with Crippen LogP contribution >= 0.6 is 0 Å². The van der Waals surface area contributed by atoms with E-state index in [1.807, 2.05) is 6.08 Å². The van der Waals surface area contributed by atoms with Crippen molar-refractivity contribution >= 4 is 29.2 Å². The van der Waals surface area contributed by atoms with Gasteiger partial charge in [-0.25, -0.2) is 4.79 Å². The fraction of sp³-hybridized carbons (Fsp3) is 0.136. The maximum Gasteiger partial charge on any atom is 0.335 e. The molecule has 0 bridgehead atoms. The number of amides is 2. The number of benzene rings is 2. The molecular formula is C22H20N2O5. The molecule has 0 radical (unpaired) electrons. The average Bonchev–Trinajstić information content (AvgIpc) is 2.74. The monoisotopic (exact) mass is 392 g/mol. The Morgan fingerprint density at radius 3 is 2.03 bits per heavy atom. The van der Waals surface area contributed by atoms with Crippen molar-refractivity contribution in [2.45, 2.75) is 19.4 Å². The maximum absolute atomic E-state index is 12.7. The number of carbonyl (C=O) groups is 3. The number of aliphatic hydroxyl groups is 1. The number of aliphatic hydroxyl groups excluding tert-OH is 1. The first kappa shape index (κ1) is 20.0. The van der Waals surface area contributed by atoms with Crippen LogP contribution in [0.1, 0.15) is 28.8 Å². The van der Waals surface area contributed by atoms with Crippen LogP contribution in [0.15, 0.2) is 71.8 Å². The summed E-state index contributed by atoms with van der Waals surface area (Å²) in [5, 5.41) is 23.5. The van der Waals surface area contributed by atoms with Gasteiger partial charge in [0, 0.05) is 22.5 Å². The van der Waals surface area contributed by atoms with E-state index in [1.165, 1.54) is 24.3 Å². The Morgan fingerprint density at radius 2 is 1.45 bits per heavy atom. The Hall–Kier alpha value is -3.71. The molecule has 7 nitrogen and oxygen atoms in total. The molecule has 0 saturated heterocycles. The summed E-state index contributed by atoms with van der Waals surface area (Å²) < 4.78 is 0. The molecule has 0 unspecified atom stereocenters. The summed E-state index contributed by atoms with van der Waals surface area (Å²) in [6.07, 6.45) is 4.52. The molecule has 3 rings (SSSR count). The molecule has 2 aromatic rings. The van der Waals surface area contributed by atoms with Gasteiger partial charge in [-0.2, -0.15) is 0 Å². The zero-order valence-electron chi connectivity index (χ0n) is 15.5. The van der Waals surface area contributed by atoms with Crippen molar-refractivity contribution in [3.05, 3.63) is 83.0 Å². The lowest BCUT2D eigenvalue weighted by molar-refractivity contribution is -0.115. The van der Waals surface area contributed by atoms with Crippen LogP contribution in [0.5, 0.6) is 0 Å². The normalized spacial score (nSPS) is 13.1. The van der Waals surface area contributed by atoms with Gasteiger partial charge in [0.15, 0.2) is 0 Å². The minimum Gasteiger partial charge on any atom is -0.478 e. The highest BCUT2D eigenvalue weighted by molar-refractivity contribution is 6.15. The van der Waals surface area contributed by atoms with Gasteiger partial charge in [-0.05, 0) is 54.8 Å². The van der Waals surface area contributed by atoms with Crippen molar-refractivity contribution in [3.8, 4) is 0 Å². The Kier molecular flexibility index (Phi) is 6.21. The molecular weight excluding hydrogens is 372 g/mol. The van der Waals surface area contributed by atoms with Crippen molar-refractivity contribution < 1.29 is 24.6 Å². The third kappa shape index (κ3) is 4.97. The zero-order valence-corrected chi connectivity index (χ0v) is 15.5. The number of carbonyl (C=O) groups excluding carboxylic acids is 2. The molecule has 0 aromatic heterocycles. The first-order valence-corrected chi connectivity index (χ1v) is 9.03. The molecule has 0 aliphatic heterocycles. The predicted octanol–water partition coefficient (Wildman–Crippen LogP) is 3.10. The number of allylic oxidation sites excluding steroid dienone is 1. The molecule has 1 aliphatic rings. The van der Waals surface area contributed by atoms with Crippen molar-refractivity contribution in [2.75, 3.05) is 10.6 Å². The SMILES string of the molecule is O=C(Nc1ccc(CO)cc1)C1=C(C(=O)Nc2ccc(C(=O)O)cc2)CCC=C1. The molecule has 0 spiro atoms. The van der Waals surface area contributed by atoms with Crippen LogP contribution in [-0.4, -0.2) is 28.0 Å². The Bertz CT molecular complexity index is 989.